The fourth-order valence-electron chi connectivity index (χ4n) is 0. The summed E-state index contributed by atoms with van der Waals surface area (Å²) < 4.78 is 0. The van der Waals surface area contributed by atoms with Crippen LogP contribution in [-0.4, -0.2) is 22.8 Å². The van der Waals surface area contributed by atoms with E-state index in [4.69, 9.17) is 15.0 Å². The number of hydrogen-bond acceptors (Lipinski definition) is 2. The number of carboxylic acids is 1. The van der Waals surface area contributed by atoms with Crippen molar-refractivity contribution in [2.45, 2.75) is 0 Å². The van der Waals surface area contributed by atoms with Gasteiger partial charge < -0.3 is 10.2 Å². The highest BCUT2D eigenvalue weighted by molar-refractivity contribution is 5.67. The van der Waals surface area contributed by atoms with E-state index in [2.05, 4.69) is 0 Å². The van der Waals surface area contributed by atoms with Crippen molar-refractivity contribution in [3.63, 3.8) is 0 Å². The van der Waals surface area contributed by atoms with E-state index in [-0.39, 0.29) is 0 Å². The second kappa shape index (κ2) is 1.72. The smallest absolute Gasteiger partial charge is 0.329 e. The van der Waals surface area contributed by atoms with Gasteiger partial charge in [0.2, 0.25) is 0 Å². The summed E-state index contributed by atoms with van der Waals surface area (Å²) in [6.45, 7) is -0.778. The Kier molecular flexibility index (Phi) is 1.53. The zero-order valence-electron chi connectivity index (χ0n) is 2.51. The molecular formula is C2H4O3. The fourth-order valence-corrected chi connectivity index (χ4v) is 0. The van der Waals surface area contributed by atoms with Crippen LogP contribution in [0.15, 0.2) is 0 Å². The van der Waals surface area contributed by atoms with E-state index < -0.39 is 12.6 Å². The lowest BCUT2D eigenvalue weighted by Crippen LogP contribution is -1.98. The Bertz CT molecular complexity index is 40.2. The largest absolute Gasteiger partial charge is 0.480 e. The number of aliphatic hydroxyl groups is 1. The van der Waals surface area contributed by atoms with E-state index in [1.807, 2.05) is 0 Å². The molecule has 3 heteroatoms. The summed E-state index contributed by atoms with van der Waals surface area (Å²) in [4.78, 5) is 9.12. The molecule has 0 saturated heterocycles. The van der Waals surface area contributed by atoms with Crippen molar-refractivity contribution in [2.24, 2.45) is 0 Å². The molecule has 0 aromatic rings. The Morgan fingerprint density at radius 1 is 1.80 bits per heavy atom. The van der Waals surface area contributed by atoms with E-state index in [0.29, 0.717) is 0 Å². The van der Waals surface area contributed by atoms with Crippen LogP contribution in [0.25, 0.3) is 0 Å². The molecule has 0 aromatic carbocycles. The minimum absolute atomic E-state index is 0.778. The minimum atomic E-state index is -1.19. The van der Waals surface area contributed by atoms with Crippen LogP contribution in [0.3, 0.4) is 0 Å². The normalized spacial score (nSPS) is 7.40. The zero-order chi connectivity index (χ0) is 4.28. The second-order valence-electron chi connectivity index (χ2n) is 0.552. The van der Waals surface area contributed by atoms with Gasteiger partial charge in [-0.3, -0.25) is 0 Å². The molecule has 0 rings (SSSR count). The minimum Gasteiger partial charge on any atom is -0.480 e. The molecule has 0 saturated carbocycles. The van der Waals surface area contributed by atoms with E-state index in [1.165, 1.54) is 0 Å². The number of aliphatic hydroxyl groups excluding tert-OH is 1. The molecule has 0 bridgehead atoms. The SMILES string of the molecule is O=C(O)[13CH2]O. The highest BCUT2D eigenvalue weighted by atomic mass is 16.4. The van der Waals surface area contributed by atoms with Crippen LogP contribution in [0, 0.1) is 0 Å². The number of carbonyl (C=O) groups is 1. The topological polar surface area (TPSA) is 57.5 Å². The first-order chi connectivity index (χ1) is 2.27. The summed E-state index contributed by atoms with van der Waals surface area (Å²) in [6, 6.07) is 0. The van der Waals surface area contributed by atoms with Gasteiger partial charge in [0.1, 0.15) is 6.61 Å². The van der Waals surface area contributed by atoms with Gasteiger partial charge in [-0.05, 0) is 0 Å². The molecule has 0 aromatic heterocycles. The van der Waals surface area contributed by atoms with Gasteiger partial charge in [0, 0.05) is 0 Å². The van der Waals surface area contributed by atoms with Crippen molar-refractivity contribution < 1.29 is 15.0 Å². The molecule has 0 amide bonds. The molecule has 5 heavy (non-hydrogen) atoms. The summed E-state index contributed by atoms with van der Waals surface area (Å²) in [5.41, 5.74) is 0. The van der Waals surface area contributed by atoms with Gasteiger partial charge in [-0.25, -0.2) is 4.79 Å². The highest BCUT2D eigenvalue weighted by Crippen LogP contribution is 1.48. The predicted octanol–water partition coefficient (Wildman–Crippen LogP) is -0.937. The maximum Gasteiger partial charge on any atom is 0.329 e. The van der Waals surface area contributed by atoms with Crippen LogP contribution in [0.5, 0.6) is 0 Å². The Labute approximate surface area is 28.9 Å². The van der Waals surface area contributed by atoms with E-state index >= 15 is 0 Å². The molecule has 0 spiro atoms. The van der Waals surface area contributed by atoms with Crippen molar-refractivity contribution in [1.82, 2.24) is 0 Å². The molecule has 0 unspecified atom stereocenters. The predicted molar refractivity (Wildman–Crippen MR) is 14.7 cm³/mol. The molecule has 0 heterocycles. The van der Waals surface area contributed by atoms with Gasteiger partial charge in [-0.2, -0.15) is 0 Å². The van der Waals surface area contributed by atoms with Crippen molar-refractivity contribution >= 4 is 5.97 Å². The van der Waals surface area contributed by atoms with E-state index in [0.717, 1.165) is 0 Å². The third-order valence-electron chi connectivity index (χ3n) is 0.135. The van der Waals surface area contributed by atoms with Crippen LogP contribution >= 0.6 is 0 Å². The molecule has 30 valence electrons. The second-order valence-corrected chi connectivity index (χ2v) is 0.552. The van der Waals surface area contributed by atoms with Crippen molar-refractivity contribution in [3.05, 3.63) is 0 Å². The lowest BCUT2D eigenvalue weighted by molar-refractivity contribution is -0.140. The van der Waals surface area contributed by atoms with E-state index in [9.17, 15) is 0 Å². The Hall–Kier alpha value is -0.570. The number of hydrogen-bond donors (Lipinski definition) is 2. The van der Waals surface area contributed by atoms with Crippen LogP contribution < -0.4 is 0 Å². The van der Waals surface area contributed by atoms with Crippen LogP contribution in [-0.2, 0) is 4.79 Å². The lowest BCUT2D eigenvalue weighted by Gasteiger charge is -1.72. The fraction of sp³-hybridized carbons (Fsp3) is 0.500. The summed E-state index contributed by atoms with van der Waals surface area (Å²) in [5.74, 6) is -1.19. The Morgan fingerprint density at radius 2 is 2.00 bits per heavy atom. The van der Waals surface area contributed by atoms with Crippen LogP contribution in [0.2, 0.25) is 0 Å². The Balaban J connectivity index is 2.85. The quantitative estimate of drug-likeness (QED) is 0.397. The highest BCUT2D eigenvalue weighted by Gasteiger charge is 1.82. The molecule has 0 aliphatic rings. The molecule has 0 aliphatic carbocycles. The average molecular weight is 77.0 g/mol. The molecule has 0 atom stereocenters. The Morgan fingerprint density at radius 3 is 2.00 bits per heavy atom. The van der Waals surface area contributed by atoms with Crippen LogP contribution in [0.4, 0.5) is 0 Å². The summed E-state index contributed by atoms with van der Waals surface area (Å²) in [7, 11) is 0. The maximum atomic E-state index is 9.12. The van der Waals surface area contributed by atoms with Gasteiger partial charge in [-0.1, -0.05) is 0 Å². The first kappa shape index (κ1) is 4.43. The van der Waals surface area contributed by atoms with Gasteiger partial charge in [0.25, 0.3) is 0 Å². The molecule has 0 aliphatic heterocycles. The number of carboxylic acid groups (broad SMARTS) is 1. The molecule has 3 nitrogen and oxygen atoms in total. The van der Waals surface area contributed by atoms with Crippen molar-refractivity contribution in [1.29, 1.82) is 0 Å². The molecular weight excluding hydrogens is 73.0 g/mol. The van der Waals surface area contributed by atoms with Crippen molar-refractivity contribution in [3.8, 4) is 0 Å². The van der Waals surface area contributed by atoms with Crippen molar-refractivity contribution in [2.75, 3.05) is 6.61 Å². The maximum absolute atomic E-state index is 9.12. The number of rotatable bonds is 1. The number of aliphatic carboxylic acids is 1. The summed E-state index contributed by atoms with van der Waals surface area (Å²) in [6.07, 6.45) is 0. The standard InChI is InChI=1S/C2H4O3/c3-1-2(4)5/h3H,1H2,(H,4,5)/i1+1. The third-order valence-corrected chi connectivity index (χ3v) is 0.135. The van der Waals surface area contributed by atoms with Gasteiger partial charge >= 0.3 is 5.97 Å². The summed E-state index contributed by atoms with van der Waals surface area (Å²) >= 11 is 0. The zero-order valence-corrected chi connectivity index (χ0v) is 2.51. The molecule has 2 N–H and O–H groups in total. The lowest BCUT2D eigenvalue weighted by atomic mass is 11.1. The van der Waals surface area contributed by atoms with Gasteiger partial charge in [0.15, 0.2) is 0 Å². The van der Waals surface area contributed by atoms with E-state index in [1.54, 1.807) is 0 Å². The first-order valence-corrected chi connectivity index (χ1v) is 1.10. The summed E-state index contributed by atoms with van der Waals surface area (Å²) in [5, 5.41) is 15.0. The average Bonchev–Trinajstić information content (AvgIpc) is 1.38. The van der Waals surface area contributed by atoms with Gasteiger partial charge in [-0.15, -0.1) is 0 Å². The van der Waals surface area contributed by atoms with Crippen LogP contribution in [0.1, 0.15) is 0 Å². The first-order valence-electron chi connectivity index (χ1n) is 1.10. The molecule has 0 radical (unpaired) electrons. The third kappa shape index (κ3) is 3.43. The molecule has 0 fully saturated rings. The van der Waals surface area contributed by atoms with Gasteiger partial charge in [0.05, 0.1) is 0 Å². The monoisotopic (exact) mass is 77.0 g/mol.